The lowest BCUT2D eigenvalue weighted by molar-refractivity contribution is 0.762. The van der Waals surface area contributed by atoms with Crippen LogP contribution in [0.15, 0.2) is 24.4 Å². The smallest absolute Gasteiger partial charge is 0.137 e. The summed E-state index contributed by atoms with van der Waals surface area (Å²) in [6.07, 6.45) is 5.72. The van der Waals surface area contributed by atoms with E-state index < -0.39 is 0 Å². The Hall–Kier alpha value is -1.31. The minimum Gasteiger partial charge on any atom is -0.306 e. The Kier molecular flexibility index (Phi) is 2.53. The second kappa shape index (κ2) is 3.82. The van der Waals surface area contributed by atoms with E-state index in [-0.39, 0.29) is 0 Å². The van der Waals surface area contributed by atoms with Crippen molar-refractivity contribution >= 4 is 5.65 Å². The average molecular weight is 188 g/mol. The molecule has 0 saturated carbocycles. The van der Waals surface area contributed by atoms with Gasteiger partial charge in [0.2, 0.25) is 0 Å². The highest BCUT2D eigenvalue weighted by atomic mass is 15.0. The third-order valence-electron chi connectivity index (χ3n) is 2.49. The van der Waals surface area contributed by atoms with Gasteiger partial charge in [-0.15, -0.1) is 0 Å². The van der Waals surface area contributed by atoms with Crippen LogP contribution in [-0.2, 0) is 6.42 Å². The molecule has 0 fully saturated rings. The van der Waals surface area contributed by atoms with Gasteiger partial charge in [0.25, 0.3) is 0 Å². The van der Waals surface area contributed by atoms with Crippen LogP contribution in [0.5, 0.6) is 0 Å². The molecule has 14 heavy (non-hydrogen) atoms. The maximum absolute atomic E-state index is 4.47. The molecule has 2 heterocycles. The first-order valence-corrected chi connectivity index (χ1v) is 5.25. The molecule has 2 nitrogen and oxygen atoms in total. The fourth-order valence-electron chi connectivity index (χ4n) is 1.78. The van der Waals surface area contributed by atoms with E-state index in [1.54, 1.807) is 0 Å². The van der Waals surface area contributed by atoms with E-state index in [1.165, 1.54) is 18.5 Å². The fourth-order valence-corrected chi connectivity index (χ4v) is 1.78. The van der Waals surface area contributed by atoms with Crippen molar-refractivity contribution in [2.75, 3.05) is 0 Å². The molecule has 0 saturated heterocycles. The van der Waals surface area contributed by atoms with Gasteiger partial charge >= 0.3 is 0 Å². The summed E-state index contributed by atoms with van der Waals surface area (Å²) in [7, 11) is 0. The predicted molar refractivity (Wildman–Crippen MR) is 58.5 cm³/mol. The molecule has 0 atom stereocenters. The summed E-state index contributed by atoms with van der Waals surface area (Å²) in [6.45, 7) is 4.28. The van der Waals surface area contributed by atoms with E-state index >= 15 is 0 Å². The number of hydrogen-bond acceptors (Lipinski definition) is 1. The molecule has 0 bridgehead atoms. The summed E-state index contributed by atoms with van der Waals surface area (Å²) in [6, 6.07) is 6.29. The number of hydrogen-bond donors (Lipinski definition) is 0. The van der Waals surface area contributed by atoms with Crippen molar-refractivity contribution in [2.24, 2.45) is 0 Å². The first kappa shape index (κ1) is 9.25. The van der Waals surface area contributed by atoms with Crippen molar-refractivity contribution in [2.45, 2.75) is 33.1 Å². The highest BCUT2D eigenvalue weighted by Crippen LogP contribution is 2.11. The molecule has 0 unspecified atom stereocenters. The van der Waals surface area contributed by atoms with Gasteiger partial charge in [-0.1, -0.05) is 13.3 Å². The second-order valence-corrected chi connectivity index (χ2v) is 3.73. The quantitative estimate of drug-likeness (QED) is 0.723. The molecule has 0 N–H and O–H groups in total. The second-order valence-electron chi connectivity index (χ2n) is 3.73. The topological polar surface area (TPSA) is 17.3 Å². The Morgan fingerprint density at radius 1 is 1.43 bits per heavy atom. The Bertz CT molecular complexity index is 429. The van der Waals surface area contributed by atoms with Gasteiger partial charge in [0, 0.05) is 17.6 Å². The standard InChI is InChI=1S/C12H16N2/c1-3-4-6-11-9-10(2)13-12-7-5-8-14(11)12/h5,7-9H,3-4,6H2,1-2H3. The molecule has 0 spiro atoms. The molecular formula is C12H16N2. The van der Waals surface area contributed by atoms with Crippen LogP contribution in [0.25, 0.3) is 5.65 Å². The number of aromatic nitrogens is 2. The molecule has 0 aliphatic carbocycles. The van der Waals surface area contributed by atoms with Gasteiger partial charge in [0.05, 0.1) is 0 Å². The summed E-state index contributed by atoms with van der Waals surface area (Å²) >= 11 is 0. The molecule has 0 radical (unpaired) electrons. The van der Waals surface area contributed by atoms with Crippen LogP contribution >= 0.6 is 0 Å². The molecule has 2 aromatic heterocycles. The molecule has 2 rings (SSSR count). The molecule has 0 aliphatic heterocycles. The first-order chi connectivity index (χ1) is 6.81. The normalized spacial score (nSPS) is 11.0. The lowest BCUT2D eigenvalue weighted by Gasteiger charge is -2.06. The number of unbranched alkanes of at least 4 members (excludes halogenated alkanes) is 1. The van der Waals surface area contributed by atoms with Crippen LogP contribution in [0.4, 0.5) is 0 Å². The van der Waals surface area contributed by atoms with E-state index in [2.05, 4.69) is 47.6 Å². The summed E-state index contributed by atoms with van der Waals surface area (Å²) in [5.41, 5.74) is 3.55. The maximum atomic E-state index is 4.47. The lowest BCUT2D eigenvalue weighted by atomic mass is 10.2. The molecule has 0 aromatic carbocycles. The molecule has 74 valence electrons. The fraction of sp³-hybridized carbons (Fsp3) is 0.417. The number of fused-ring (bicyclic) bond motifs is 1. The highest BCUT2D eigenvalue weighted by molar-refractivity contribution is 5.41. The number of nitrogens with zero attached hydrogens (tertiary/aromatic N) is 2. The van der Waals surface area contributed by atoms with Crippen LogP contribution in [0.1, 0.15) is 31.2 Å². The third-order valence-corrected chi connectivity index (χ3v) is 2.49. The lowest BCUT2D eigenvalue weighted by Crippen LogP contribution is -1.99. The first-order valence-electron chi connectivity index (χ1n) is 5.25. The van der Waals surface area contributed by atoms with Crippen LogP contribution < -0.4 is 0 Å². The van der Waals surface area contributed by atoms with E-state index in [0.717, 1.165) is 17.8 Å². The van der Waals surface area contributed by atoms with E-state index in [4.69, 9.17) is 0 Å². The van der Waals surface area contributed by atoms with Crippen LogP contribution in [0, 0.1) is 6.92 Å². The zero-order valence-corrected chi connectivity index (χ0v) is 8.83. The summed E-state index contributed by atoms with van der Waals surface area (Å²) in [5.74, 6) is 0. The maximum Gasteiger partial charge on any atom is 0.137 e. The van der Waals surface area contributed by atoms with Crippen molar-refractivity contribution in [3.8, 4) is 0 Å². The highest BCUT2D eigenvalue weighted by Gasteiger charge is 2.01. The van der Waals surface area contributed by atoms with Crippen molar-refractivity contribution in [1.82, 2.24) is 9.38 Å². The van der Waals surface area contributed by atoms with Crippen molar-refractivity contribution in [3.63, 3.8) is 0 Å². The van der Waals surface area contributed by atoms with Gasteiger partial charge in [-0.2, -0.15) is 0 Å². The predicted octanol–water partition coefficient (Wildman–Crippen LogP) is 2.99. The molecule has 2 aromatic rings. The van der Waals surface area contributed by atoms with Crippen molar-refractivity contribution < 1.29 is 0 Å². The Labute approximate surface area is 84.6 Å². The number of rotatable bonds is 3. The molecule has 0 amide bonds. The molecule has 2 heteroatoms. The van der Waals surface area contributed by atoms with Gasteiger partial charge in [0.1, 0.15) is 5.65 Å². The Morgan fingerprint density at radius 3 is 3.07 bits per heavy atom. The van der Waals surface area contributed by atoms with Gasteiger partial charge in [-0.25, -0.2) is 4.98 Å². The summed E-state index contributed by atoms with van der Waals surface area (Å²) in [4.78, 5) is 4.47. The van der Waals surface area contributed by atoms with Gasteiger partial charge in [0.15, 0.2) is 0 Å². The van der Waals surface area contributed by atoms with Gasteiger partial charge in [-0.05, 0) is 38.0 Å². The largest absolute Gasteiger partial charge is 0.306 e. The Balaban J connectivity index is 2.44. The minimum absolute atomic E-state index is 1.07. The van der Waals surface area contributed by atoms with Crippen molar-refractivity contribution in [1.29, 1.82) is 0 Å². The average Bonchev–Trinajstić information content (AvgIpc) is 2.61. The SMILES string of the molecule is CCCCc1cc(C)nc2cccn12. The van der Waals surface area contributed by atoms with Crippen molar-refractivity contribution in [3.05, 3.63) is 35.8 Å². The van der Waals surface area contributed by atoms with Crippen LogP contribution in [0.2, 0.25) is 0 Å². The zero-order valence-electron chi connectivity index (χ0n) is 8.83. The Morgan fingerprint density at radius 2 is 2.29 bits per heavy atom. The van der Waals surface area contributed by atoms with Crippen LogP contribution in [0.3, 0.4) is 0 Å². The third kappa shape index (κ3) is 1.65. The summed E-state index contributed by atoms with van der Waals surface area (Å²) in [5, 5.41) is 0. The van der Waals surface area contributed by atoms with Crippen LogP contribution in [-0.4, -0.2) is 9.38 Å². The van der Waals surface area contributed by atoms with E-state index in [0.29, 0.717) is 0 Å². The monoisotopic (exact) mass is 188 g/mol. The minimum atomic E-state index is 1.07. The molecular weight excluding hydrogens is 172 g/mol. The van der Waals surface area contributed by atoms with Gasteiger partial charge in [-0.3, -0.25) is 0 Å². The van der Waals surface area contributed by atoms with E-state index in [9.17, 15) is 0 Å². The number of aryl methyl sites for hydroxylation is 2. The van der Waals surface area contributed by atoms with E-state index in [1.807, 2.05) is 0 Å². The molecule has 0 aliphatic rings. The van der Waals surface area contributed by atoms with Gasteiger partial charge < -0.3 is 4.40 Å². The zero-order chi connectivity index (χ0) is 9.97. The summed E-state index contributed by atoms with van der Waals surface area (Å²) < 4.78 is 2.18.